The SMILES string of the molecule is CCOc1ccc(-n2c(C)nnc2S[C@@H](C[N+](=O)[O-])c2cc(Br)c(OCc3cccc4ccccc34)c(OC)c2)cc1. The number of rotatable bonds is 12. The van der Waals surface area contributed by atoms with Crippen molar-refractivity contribution in [2.24, 2.45) is 0 Å². The second-order valence-corrected chi connectivity index (χ2v) is 11.4. The summed E-state index contributed by atoms with van der Waals surface area (Å²) in [4.78, 5) is 11.4. The van der Waals surface area contributed by atoms with E-state index < -0.39 is 5.25 Å². The van der Waals surface area contributed by atoms with Crippen molar-refractivity contribution in [3.05, 3.63) is 110 Å². The molecule has 0 spiro atoms. The Kier molecular flexibility index (Phi) is 9.28. The number of aromatic nitrogens is 3. The number of ether oxygens (including phenoxy) is 3. The van der Waals surface area contributed by atoms with E-state index in [1.165, 1.54) is 11.8 Å². The summed E-state index contributed by atoms with van der Waals surface area (Å²) in [5, 5.41) is 22.6. The normalized spacial score (nSPS) is 11.8. The Morgan fingerprint density at radius 2 is 1.79 bits per heavy atom. The van der Waals surface area contributed by atoms with Crippen LogP contribution in [-0.4, -0.2) is 39.9 Å². The van der Waals surface area contributed by atoms with Crippen LogP contribution in [-0.2, 0) is 6.61 Å². The minimum atomic E-state index is -0.581. The fourth-order valence-electron chi connectivity index (χ4n) is 4.68. The number of nitrogens with zero attached hydrogens (tertiary/aromatic N) is 4. The van der Waals surface area contributed by atoms with Crippen molar-refractivity contribution in [3.63, 3.8) is 0 Å². The molecule has 9 nitrogen and oxygen atoms in total. The molecule has 0 N–H and O–H groups in total. The van der Waals surface area contributed by atoms with Crippen molar-refractivity contribution in [2.45, 2.75) is 30.9 Å². The summed E-state index contributed by atoms with van der Waals surface area (Å²) in [6.07, 6.45) is 0. The Morgan fingerprint density at radius 3 is 2.52 bits per heavy atom. The van der Waals surface area contributed by atoms with E-state index >= 15 is 0 Å². The van der Waals surface area contributed by atoms with Gasteiger partial charge in [-0.15, -0.1) is 10.2 Å². The number of aryl methyl sites for hydroxylation is 1. The molecular weight excluding hydrogens is 620 g/mol. The minimum Gasteiger partial charge on any atom is -0.494 e. The van der Waals surface area contributed by atoms with Crippen molar-refractivity contribution in [1.29, 1.82) is 0 Å². The van der Waals surface area contributed by atoms with Gasteiger partial charge in [0.05, 0.1) is 18.2 Å². The van der Waals surface area contributed by atoms with E-state index in [4.69, 9.17) is 14.2 Å². The predicted octanol–water partition coefficient (Wildman–Crippen LogP) is 7.59. The van der Waals surface area contributed by atoms with Crippen molar-refractivity contribution in [3.8, 4) is 22.9 Å². The van der Waals surface area contributed by atoms with Gasteiger partial charge >= 0.3 is 0 Å². The smallest absolute Gasteiger partial charge is 0.220 e. The molecule has 0 amide bonds. The third-order valence-corrected chi connectivity index (χ3v) is 8.41. The first kappa shape index (κ1) is 29.4. The fourth-order valence-corrected chi connectivity index (χ4v) is 6.41. The van der Waals surface area contributed by atoms with Gasteiger partial charge in [-0.1, -0.05) is 54.2 Å². The molecule has 0 aliphatic heterocycles. The number of fused-ring (bicyclic) bond motifs is 1. The molecule has 11 heteroatoms. The number of hydrogen-bond donors (Lipinski definition) is 0. The molecule has 0 fully saturated rings. The molecule has 0 bridgehead atoms. The molecule has 4 aromatic carbocycles. The van der Waals surface area contributed by atoms with Crippen LogP contribution in [0.15, 0.2) is 88.5 Å². The largest absolute Gasteiger partial charge is 0.494 e. The van der Waals surface area contributed by atoms with Crippen LogP contribution in [0.1, 0.15) is 29.1 Å². The standard InChI is InChI=1S/C31H29BrN4O5S/c1-4-40-25-14-12-24(13-15-25)36-20(2)33-34-31(36)42-29(18-35(37)38)23-16-27(32)30(28(17-23)39-3)41-19-22-10-7-9-21-8-5-6-11-26(21)22/h5-17,29H,4,18-19H2,1-3H3/t29-/m0/s1. The Morgan fingerprint density at radius 1 is 1.02 bits per heavy atom. The Hall–Kier alpha value is -4.09. The van der Waals surface area contributed by atoms with Gasteiger partial charge in [-0.2, -0.15) is 0 Å². The molecule has 0 saturated carbocycles. The maximum absolute atomic E-state index is 11.8. The highest BCUT2D eigenvalue weighted by Gasteiger charge is 2.26. The van der Waals surface area contributed by atoms with Crippen LogP contribution in [0.2, 0.25) is 0 Å². The summed E-state index contributed by atoms with van der Waals surface area (Å²) in [5.74, 6) is 2.41. The quantitative estimate of drug-likeness (QED) is 0.0775. The monoisotopic (exact) mass is 648 g/mol. The average Bonchev–Trinajstić information content (AvgIpc) is 3.35. The van der Waals surface area contributed by atoms with Crippen molar-refractivity contribution in [1.82, 2.24) is 14.8 Å². The van der Waals surface area contributed by atoms with Crippen LogP contribution in [0.5, 0.6) is 17.2 Å². The molecule has 0 unspecified atom stereocenters. The first-order valence-corrected chi connectivity index (χ1v) is 15.0. The maximum atomic E-state index is 11.8. The fraction of sp³-hybridized carbons (Fsp3) is 0.226. The van der Waals surface area contributed by atoms with Gasteiger partial charge in [0.1, 0.15) is 23.4 Å². The van der Waals surface area contributed by atoms with Crippen LogP contribution >= 0.6 is 27.7 Å². The Balaban J connectivity index is 1.43. The van der Waals surface area contributed by atoms with Crippen LogP contribution in [0, 0.1) is 17.0 Å². The second kappa shape index (κ2) is 13.3. The molecule has 5 rings (SSSR count). The van der Waals surface area contributed by atoms with Crippen molar-refractivity contribution >= 4 is 38.5 Å². The first-order chi connectivity index (χ1) is 20.4. The van der Waals surface area contributed by atoms with Gasteiger partial charge in [-0.3, -0.25) is 14.7 Å². The van der Waals surface area contributed by atoms with Crippen LogP contribution < -0.4 is 14.2 Å². The summed E-state index contributed by atoms with van der Waals surface area (Å²) in [6.45, 7) is 4.34. The van der Waals surface area contributed by atoms with Crippen LogP contribution in [0.3, 0.4) is 0 Å². The minimum absolute atomic E-state index is 0.326. The number of hydrogen-bond acceptors (Lipinski definition) is 8. The summed E-state index contributed by atoms with van der Waals surface area (Å²) >= 11 is 4.90. The number of methoxy groups -OCH3 is 1. The Bertz CT molecular complexity index is 1700. The summed E-state index contributed by atoms with van der Waals surface area (Å²) in [7, 11) is 1.55. The van der Waals surface area contributed by atoms with Crippen molar-refractivity contribution < 1.29 is 19.1 Å². The second-order valence-electron chi connectivity index (χ2n) is 9.37. The summed E-state index contributed by atoms with van der Waals surface area (Å²) in [5.41, 5.74) is 2.56. The lowest BCUT2D eigenvalue weighted by Gasteiger charge is -2.18. The third-order valence-electron chi connectivity index (χ3n) is 6.64. The molecule has 42 heavy (non-hydrogen) atoms. The van der Waals surface area contributed by atoms with E-state index in [2.05, 4.69) is 44.3 Å². The molecule has 1 atom stereocenters. The number of benzene rings is 4. The van der Waals surface area contributed by atoms with Gasteiger partial charge in [0.15, 0.2) is 16.7 Å². The maximum Gasteiger partial charge on any atom is 0.220 e. The highest BCUT2D eigenvalue weighted by Crippen LogP contribution is 2.43. The summed E-state index contributed by atoms with van der Waals surface area (Å²) in [6, 6.07) is 25.4. The summed E-state index contributed by atoms with van der Waals surface area (Å²) < 4.78 is 20.0. The van der Waals surface area contributed by atoms with E-state index in [1.807, 2.05) is 73.0 Å². The zero-order valence-corrected chi connectivity index (χ0v) is 25.7. The van der Waals surface area contributed by atoms with Crippen LogP contribution in [0.25, 0.3) is 16.5 Å². The molecule has 216 valence electrons. The molecular formula is C31H29BrN4O5S. The molecule has 5 aromatic rings. The van der Waals surface area contributed by atoms with E-state index in [9.17, 15) is 10.1 Å². The molecule has 0 saturated heterocycles. The van der Waals surface area contributed by atoms with E-state index in [-0.39, 0.29) is 11.5 Å². The van der Waals surface area contributed by atoms with Gasteiger partial charge in [0.2, 0.25) is 6.54 Å². The molecule has 1 heterocycles. The van der Waals surface area contributed by atoms with Gasteiger partial charge in [0.25, 0.3) is 0 Å². The van der Waals surface area contributed by atoms with Gasteiger partial charge < -0.3 is 14.2 Å². The zero-order chi connectivity index (χ0) is 29.6. The number of thioether (sulfide) groups is 1. The number of nitro groups is 1. The van der Waals surface area contributed by atoms with E-state index in [1.54, 1.807) is 13.2 Å². The first-order valence-electron chi connectivity index (χ1n) is 13.3. The lowest BCUT2D eigenvalue weighted by Crippen LogP contribution is -2.12. The van der Waals surface area contributed by atoms with Gasteiger partial charge in [-0.25, -0.2) is 0 Å². The topological polar surface area (TPSA) is 102 Å². The zero-order valence-electron chi connectivity index (χ0n) is 23.3. The van der Waals surface area contributed by atoms with E-state index in [0.29, 0.717) is 45.7 Å². The molecule has 0 aliphatic rings. The van der Waals surface area contributed by atoms with Crippen LogP contribution in [0.4, 0.5) is 0 Å². The Labute approximate surface area is 256 Å². The van der Waals surface area contributed by atoms with Crippen molar-refractivity contribution in [2.75, 3.05) is 20.3 Å². The predicted molar refractivity (Wildman–Crippen MR) is 167 cm³/mol. The molecule has 0 aliphatic carbocycles. The van der Waals surface area contributed by atoms with Gasteiger partial charge in [-0.05, 0) is 88.1 Å². The third kappa shape index (κ3) is 6.52. The van der Waals surface area contributed by atoms with E-state index in [0.717, 1.165) is 27.8 Å². The highest BCUT2D eigenvalue weighted by atomic mass is 79.9. The highest BCUT2D eigenvalue weighted by molar-refractivity contribution is 9.10. The average molecular weight is 650 g/mol. The van der Waals surface area contributed by atoms with Gasteiger partial charge in [0, 0.05) is 10.6 Å². The lowest BCUT2D eigenvalue weighted by atomic mass is 10.1. The molecule has 1 aromatic heterocycles. The number of halogens is 1. The molecule has 0 radical (unpaired) electrons. The lowest BCUT2D eigenvalue weighted by molar-refractivity contribution is -0.479.